The Kier molecular flexibility index (Phi) is 4.42. The monoisotopic (exact) mass is 310 g/mol. The van der Waals surface area contributed by atoms with Gasteiger partial charge in [-0.3, -0.25) is 9.59 Å². The van der Waals surface area contributed by atoms with Gasteiger partial charge in [-0.2, -0.15) is 0 Å². The molecule has 4 nitrogen and oxygen atoms in total. The molecule has 1 aliphatic rings. The fourth-order valence-corrected chi connectivity index (χ4v) is 2.97. The van der Waals surface area contributed by atoms with Gasteiger partial charge in [0.05, 0.1) is 6.42 Å². The van der Waals surface area contributed by atoms with Crippen LogP contribution in [0, 0.1) is 0 Å². The molecule has 4 heteroatoms. The van der Waals surface area contributed by atoms with Crippen LogP contribution in [-0.2, 0) is 19.1 Å². The Bertz CT molecular complexity index is 690. The van der Waals surface area contributed by atoms with E-state index in [1.165, 1.54) is 29.2 Å². The molecular formula is C19H18O4. The van der Waals surface area contributed by atoms with E-state index in [0.717, 1.165) is 0 Å². The summed E-state index contributed by atoms with van der Waals surface area (Å²) in [6.45, 7) is 1.68. The molecule has 1 aliphatic carbocycles. The summed E-state index contributed by atoms with van der Waals surface area (Å²) < 4.78 is 10.1. The lowest BCUT2D eigenvalue weighted by Crippen LogP contribution is -2.14. The summed E-state index contributed by atoms with van der Waals surface area (Å²) in [5.41, 5.74) is 4.76. The molecule has 0 atom stereocenters. The lowest BCUT2D eigenvalue weighted by Gasteiger charge is -2.14. The number of esters is 2. The SMILES string of the molecule is CC(=O)OCCC(=O)OCC1c2ccccc2-c2ccccc21. The van der Waals surface area contributed by atoms with E-state index in [2.05, 4.69) is 24.3 Å². The van der Waals surface area contributed by atoms with Gasteiger partial charge < -0.3 is 9.47 Å². The molecule has 2 aromatic carbocycles. The number of fused-ring (bicyclic) bond motifs is 3. The van der Waals surface area contributed by atoms with Crippen molar-refractivity contribution in [1.82, 2.24) is 0 Å². The first-order valence-corrected chi connectivity index (χ1v) is 7.64. The highest BCUT2D eigenvalue weighted by molar-refractivity contribution is 5.79. The number of hydrogen-bond donors (Lipinski definition) is 0. The number of hydrogen-bond acceptors (Lipinski definition) is 4. The quantitative estimate of drug-likeness (QED) is 0.795. The molecular weight excluding hydrogens is 292 g/mol. The smallest absolute Gasteiger partial charge is 0.309 e. The molecule has 0 saturated carbocycles. The molecule has 0 fully saturated rings. The highest BCUT2D eigenvalue weighted by atomic mass is 16.5. The third-order valence-corrected chi connectivity index (χ3v) is 3.99. The highest BCUT2D eigenvalue weighted by Crippen LogP contribution is 2.44. The Balaban J connectivity index is 1.69. The van der Waals surface area contributed by atoms with Crippen molar-refractivity contribution in [3.8, 4) is 11.1 Å². The lowest BCUT2D eigenvalue weighted by molar-refractivity contribution is -0.148. The van der Waals surface area contributed by atoms with Crippen molar-refractivity contribution in [2.45, 2.75) is 19.3 Å². The Morgan fingerprint density at radius 1 is 0.913 bits per heavy atom. The van der Waals surface area contributed by atoms with Crippen molar-refractivity contribution in [1.29, 1.82) is 0 Å². The summed E-state index contributed by atoms with van der Waals surface area (Å²) in [5, 5.41) is 0. The molecule has 2 aromatic rings. The molecule has 3 rings (SSSR count). The third kappa shape index (κ3) is 3.26. The van der Waals surface area contributed by atoms with E-state index in [-0.39, 0.29) is 24.9 Å². The van der Waals surface area contributed by atoms with Crippen LogP contribution in [0.5, 0.6) is 0 Å². The Labute approximate surface area is 135 Å². The lowest BCUT2D eigenvalue weighted by atomic mass is 9.98. The number of rotatable bonds is 5. The van der Waals surface area contributed by atoms with Crippen molar-refractivity contribution in [2.75, 3.05) is 13.2 Å². The van der Waals surface area contributed by atoms with Crippen molar-refractivity contribution in [3.05, 3.63) is 59.7 Å². The van der Waals surface area contributed by atoms with Gasteiger partial charge in [0.1, 0.15) is 13.2 Å². The van der Waals surface area contributed by atoms with Crippen LogP contribution in [-0.4, -0.2) is 25.2 Å². The largest absolute Gasteiger partial charge is 0.465 e. The molecule has 0 aliphatic heterocycles. The molecule has 118 valence electrons. The zero-order valence-corrected chi connectivity index (χ0v) is 13.0. The predicted molar refractivity (Wildman–Crippen MR) is 85.9 cm³/mol. The van der Waals surface area contributed by atoms with Crippen LogP contribution in [0.2, 0.25) is 0 Å². The number of ether oxygens (including phenoxy) is 2. The zero-order valence-electron chi connectivity index (χ0n) is 13.0. The molecule has 0 aromatic heterocycles. The second-order valence-electron chi connectivity index (χ2n) is 5.50. The third-order valence-electron chi connectivity index (χ3n) is 3.99. The van der Waals surface area contributed by atoms with E-state index < -0.39 is 5.97 Å². The summed E-state index contributed by atoms with van der Waals surface area (Å²) >= 11 is 0. The van der Waals surface area contributed by atoms with Crippen LogP contribution in [0.3, 0.4) is 0 Å². The molecule has 0 amide bonds. The van der Waals surface area contributed by atoms with E-state index in [0.29, 0.717) is 6.61 Å². The van der Waals surface area contributed by atoms with Gasteiger partial charge in [-0.15, -0.1) is 0 Å². The summed E-state index contributed by atoms with van der Waals surface area (Å²) in [4.78, 5) is 22.5. The van der Waals surface area contributed by atoms with E-state index >= 15 is 0 Å². The Morgan fingerprint density at radius 3 is 2.04 bits per heavy atom. The molecule has 0 unspecified atom stereocenters. The van der Waals surface area contributed by atoms with Crippen LogP contribution >= 0.6 is 0 Å². The first kappa shape index (κ1) is 15.3. The van der Waals surface area contributed by atoms with Crippen LogP contribution in [0.15, 0.2) is 48.5 Å². The van der Waals surface area contributed by atoms with E-state index in [1.807, 2.05) is 24.3 Å². The molecule has 0 radical (unpaired) electrons. The molecule has 0 bridgehead atoms. The van der Waals surface area contributed by atoms with Crippen molar-refractivity contribution in [3.63, 3.8) is 0 Å². The minimum atomic E-state index is -0.392. The molecule has 0 spiro atoms. The standard InChI is InChI=1S/C19H18O4/c1-13(20)22-11-10-19(21)23-12-18-16-8-4-2-6-14(16)15-7-3-5-9-17(15)18/h2-9,18H,10-12H2,1H3. The fraction of sp³-hybridized carbons (Fsp3) is 0.263. The Morgan fingerprint density at radius 2 is 1.48 bits per heavy atom. The minimum absolute atomic E-state index is 0.0556. The summed E-state index contributed by atoms with van der Waals surface area (Å²) in [5.74, 6) is -0.690. The van der Waals surface area contributed by atoms with Crippen LogP contribution in [0.1, 0.15) is 30.4 Å². The van der Waals surface area contributed by atoms with Gasteiger partial charge in [-0.05, 0) is 22.3 Å². The summed E-state index contributed by atoms with van der Waals surface area (Å²) in [7, 11) is 0. The van der Waals surface area contributed by atoms with Gasteiger partial charge in [-0.25, -0.2) is 0 Å². The molecule has 0 saturated heterocycles. The van der Waals surface area contributed by atoms with Crippen LogP contribution in [0.25, 0.3) is 11.1 Å². The van der Waals surface area contributed by atoms with E-state index in [1.54, 1.807) is 0 Å². The van der Waals surface area contributed by atoms with E-state index in [9.17, 15) is 9.59 Å². The number of carbonyl (C=O) groups excluding carboxylic acids is 2. The number of benzene rings is 2. The predicted octanol–water partition coefficient (Wildman–Crippen LogP) is 3.30. The second kappa shape index (κ2) is 6.65. The van der Waals surface area contributed by atoms with Gasteiger partial charge in [0.2, 0.25) is 0 Å². The molecule has 0 heterocycles. The van der Waals surface area contributed by atoms with Gasteiger partial charge in [-0.1, -0.05) is 48.5 Å². The summed E-state index contributed by atoms with van der Waals surface area (Å²) in [6, 6.07) is 16.4. The first-order chi connectivity index (χ1) is 11.2. The van der Waals surface area contributed by atoms with Gasteiger partial charge in [0, 0.05) is 12.8 Å². The molecule has 23 heavy (non-hydrogen) atoms. The van der Waals surface area contributed by atoms with Crippen LogP contribution in [0.4, 0.5) is 0 Å². The maximum atomic E-state index is 11.8. The normalized spacial score (nSPS) is 12.4. The highest BCUT2D eigenvalue weighted by Gasteiger charge is 2.28. The average Bonchev–Trinajstić information content (AvgIpc) is 2.87. The van der Waals surface area contributed by atoms with Crippen molar-refractivity contribution in [2.24, 2.45) is 0 Å². The average molecular weight is 310 g/mol. The maximum absolute atomic E-state index is 11.8. The topological polar surface area (TPSA) is 52.6 Å². The van der Waals surface area contributed by atoms with Crippen molar-refractivity contribution >= 4 is 11.9 Å². The first-order valence-electron chi connectivity index (χ1n) is 7.64. The van der Waals surface area contributed by atoms with Crippen molar-refractivity contribution < 1.29 is 19.1 Å². The van der Waals surface area contributed by atoms with E-state index in [4.69, 9.17) is 9.47 Å². The zero-order chi connectivity index (χ0) is 16.2. The minimum Gasteiger partial charge on any atom is -0.465 e. The van der Waals surface area contributed by atoms with Gasteiger partial charge >= 0.3 is 11.9 Å². The Hall–Kier alpha value is -2.62. The number of carbonyl (C=O) groups is 2. The maximum Gasteiger partial charge on any atom is 0.309 e. The van der Waals surface area contributed by atoms with Gasteiger partial charge in [0.25, 0.3) is 0 Å². The molecule has 0 N–H and O–H groups in total. The van der Waals surface area contributed by atoms with Gasteiger partial charge in [0.15, 0.2) is 0 Å². The fourth-order valence-electron chi connectivity index (χ4n) is 2.97. The summed E-state index contributed by atoms with van der Waals surface area (Å²) in [6.07, 6.45) is 0.0790. The van der Waals surface area contributed by atoms with Crippen LogP contribution < -0.4 is 0 Å². The second-order valence-corrected chi connectivity index (χ2v) is 5.50.